The summed E-state index contributed by atoms with van der Waals surface area (Å²) in [6.07, 6.45) is 8.51. The number of benzene rings is 1. The van der Waals surface area contributed by atoms with E-state index in [2.05, 4.69) is 10.4 Å². The summed E-state index contributed by atoms with van der Waals surface area (Å²) in [6, 6.07) is 5.18. The molecular weight excluding hydrogens is 420 g/mol. The predicted molar refractivity (Wildman–Crippen MR) is 124 cm³/mol. The van der Waals surface area contributed by atoms with Gasteiger partial charge in [0, 0.05) is 30.4 Å². The molecule has 3 fully saturated rings. The summed E-state index contributed by atoms with van der Waals surface area (Å²) in [5, 5.41) is 18.2. The zero-order valence-corrected chi connectivity index (χ0v) is 18.9. The molecule has 2 aliphatic carbocycles. The van der Waals surface area contributed by atoms with Crippen LogP contribution in [0.15, 0.2) is 30.6 Å². The number of carbonyl (C=O) groups is 2. The molecule has 0 bridgehead atoms. The number of rotatable bonds is 5. The number of ketones is 1. The smallest absolute Gasteiger partial charge is 0.412 e. The second-order valence-corrected chi connectivity index (χ2v) is 10.1. The van der Waals surface area contributed by atoms with Gasteiger partial charge in [-0.05, 0) is 69.1 Å². The van der Waals surface area contributed by atoms with Crippen molar-refractivity contribution in [3.05, 3.63) is 30.6 Å². The van der Waals surface area contributed by atoms with E-state index in [-0.39, 0.29) is 11.8 Å². The van der Waals surface area contributed by atoms with E-state index in [0.29, 0.717) is 43.7 Å². The van der Waals surface area contributed by atoms with Gasteiger partial charge in [0.1, 0.15) is 6.04 Å². The van der Waals surface area contributed by atoms with Gasteiger partial charge < -0.3 is 15.2 Å². The van der Waals surface area contributed by atoms with Gasteiger partial charge in [-0.2, -0.15) is 5.10 Å². The minimum absolute atomic E-state index is 0.0494. The van der Waals surface area contributed by atoms with Crippen molar-refractivity contribution in [1.29, 1.82) is 0 Å². The molecule has 8 nitrogen and oxygen atoms in total. The molecule has 0 spiro atoms. The number of carboxylic acid groups (broad SMARTS) is 1. The molecule has 2 aliphatic heterocycles. The third-order valence-electron chi connectivity index (χ3n) is 7.96. The number of Topliss-reactive ketones (excluding diaryl/α,β-unsaturated/α-hetero) is 1. The van der Waals surface area contributed by atoms with E-state index in [1.54, 1.807) is 0 Å². The molecule has 1 saturated heterocycles. The lowest BCUT2D eigenvalue weighted by Gasteiger charge is -2.45. The zero-order valence-electron chi connectivity index (χ0n) is 18.9. The van der Waals surface area contributed by atoms with Crippen molar-refractivity contribution in [2.24, 2.45) is 11.3 Å². The van der Waals surface area contributed by atoms with E-state index < -0.39 is 17.6 Å². The van der Waals surface area contributed by atoms with Gasteiger partial charge >= 0.3 is 6.09 Å². The summed E-state index contributed by atoms with van der Waals surface area (Å²) in [4.78, 5) is 28.0. The Balaban J connectivity index is 1.38. The molecule has 8 heteroatoms. The first kappa shape index (κ1) is 20.7. The summed E-state index contributed by atoms with van der Waals surface area (Å²) < 4.78 is 7.57. The van der Waals surface area contributed by atoms with Crippen molar-refractivity contribution < 1.29 is 19.4 Å². The third-order valence-corrected chi connectivity index (χ3v) is 7.96. The monoisotopic (exact) mass is 450 g/mol. The molecular formula is C25H30N4O4. The van der Waals surface area contributed by atoms with E-state index in [4.69, 9.17) is 4.74 Å². The van der Waals surface area contributed by atoms with Crippen LogP contribution in [0.5, 0.6) is 0 Å². The Bertz CT molecular complexity index is 1100. The molecule has 0 radical (unpaired) electrons. The van der Waals surface area contributed by atoms with Crippen molar-refractivity contribution in [3.63, 3.8) is 0 Å². The molecule has 174 valence electrons. The molecule has 4 aliphatic rings. The fourth-order valence-corrected chi connectivity index (χ4v) is 5.84. The quantitative estimate of drug-likeness (QED) is 0.704. The van der Waals surface area contributed by atoms with Crippen molar-refractivity contribution >= 4 is 23.3 Å². The maximum absolute atomic E-state index is 14.1. The molecule has 6 rings (SSSR count). The van der Waals surface area contributed by atoms with Crippen molar-refractivity contribution in [2.75, 3.05) is 23.4 Å². The number of hydrogen-bond acceptors (Lipinski definition) is 5. The average Bonchev–Trinajstić information content (AvgIpc) is 3.76. The number of nitrogens with one attached hydrogen (secondary N) is 1. The van der Waals surface area contributed by atoms with E-state index in [0.717, 1.165) is 42.5 Å². The van der Waals surface area contributed by atoms with Crippen LogP contribution in [-0.4, -0.2) is 52.1 Å². The standard InChI is InChI=1S/C25H30N4O4/c1-15-22(23(30)25(18-3-4-18)8-10-33-11-9-25)29(24(31)32)21-12-16(2-7-20(21)27-15)17-13-26-28(14-17)19-5-6-19/h2,7,12-15,18-19,22,27H,3-6,8-11H2,1H3,(H,31,32)/t15-,22?/m0/s1. The molecule has 2 aromatic rings. The molecule has 33 heavy (non-hydrogen) atoms. The second-order valence-electron chi connectivity index (χ2n) is 10.1. The predicted octanol–water partition coefficient (Wildman–Crippen LogP) is 4.33. The molecule has 2 saturated carbocycles. The summed E-state index contributed by atoms with van der Waals surface area (Å²) in [6.45, 7) is 3.04. The molecule has 3 heterocycles. The summed E-state index contributed by atoms with van der Waals surface area (Å²) in [5.74, 6) is 0.394. The Morgan fingerprint density at radius 1 is 1.15 bits per heavy atom. The van der Waals surface area contributed by atoms with Crippen LogP contribution in [-0.2, 0) is 9.53 Å². The molecule has 2 atom stereocenters. The number of fused-ring (bicyclic) bond motifs is 1. The number of hydrogen-bond donors (Lipinski definition) is 2. The molecule has 1 amide bonds. The normalized spacial score (nSPS) is 26.4. The van der Waals surface area contributed by atoms with Crippen molar-refractivity contribution in [1.82, 2.24) is 9.78 Å². The highest BCUT2D eigenvalue weighted by Gasteiger charge is 2.56. The number of amides is 1. The van der Waals surface area contributed by atoms with Crippen LogP contribution in [0.1, 0.15) is 51.5 Å². The first-order valence-corrected chi connectivity index (χ1v) is 12.1. The second kappa shape index (κ2) is 7.58. The van der Waals surface area contributed by atoms with Crippen LogP contribution >= 0.6 is 0 Å². The van der Waals surface area contributed by atoms with E-state index >= 15 is 0 Å². The lowest BCUT2D eigenvalue weighted by molar-refractivity contribution is -0.138. The van der Waals surface area contributed by atoms with Crippen LogP contribution in [0.3, 0.4) is 0 Å². The maximum atomic E-state index is 14.1. The van der Waals surface area contributed by atoms with Gasteiger partial charge in [0.2, 0.25) is 0 Å². The molecule has 1 unspecified atom stereocenters. The zero-order chi connectivity index (χ0) is 22.7. The van der Waals surface area contributed by atoms with E-state index in [1.807, 2.05) is 42.2 Å². The number of nitrogens with zero attached hydrogens (tertiary/aromatic N) is 3. The van der Waals surface area contributed by atoms with Gasteiger partial charge in [-0.3, -0.25) is 14.4 Å². The Labute approximate surface area is 192 Å². The summed E-state index contributed by atoms with van der Waals surface area (Å²) in [5.41, 5.74) is 2.65. The Morgan fingerprint density at radius 3 is 2.58 bits per heavy atom. The van der Waals surface area contributed by atoms with Crippen molar-refractivity contribution in [2.45, 2.75) is 63.6 Å². The minimum atomic E-state index is -1.09. The highest BCUT2D eigenvalue weighted by Crippen LogP contribution is 2.53. The Morgan fingerprint density at radius 2 is 1.91 bits per heavy atom. The minimum Gasteiger partial charge on any atom is -0.465 e. The SMILES string of the molecule is C[C@@H]1Nc2ccc(-c3cnn(C4CC4)c3)cc2N(C(=O)O)C1C(=O)C1(C2CC2)CCOCC1. The van der Waals surface area contributed by atoms with Gasteiger partial charge in [-0.25, -0.2) is 4.79 Å². The van der Waals surface area contributed by atoms with Crippen LogP contribution in [0, 0.1) is 11.3 Å². The molecule has 1 aromatic heterocycles. The van der Waals surface area contributed by atoms with Gasteiger partial charge in [0.05, 0.1) is 29.7 Å². The third kappa shape index (κ3) is 3.42. The van der Waals surface area contributed by atoms with Crippen LogP contribution < -0.4 is 10.2 Å². The van der Waals surface area contributed by atoms with Crippen molar-refractivity contribution in [3.8, 4) is 11.1 Å². The van der Waals surface area contributed by atoms with E-state index in [9.17, 15) is 14.7 Å². The Hall–Kier alpha value is -2.87. The number of aromatic nitrogens is 2. The fourth-order valence-electron chi connectivity index (χ4n) is 5.84. The van der Waals surface area contributed by atoms with Crippen LogP contribution in [0.2, 0.25) is 0 Å². The average molecular weight is 451 g/mol. The highest BCUT2D eigenvalue weighted by atomic mass is 16.5. The summed E-state index contributed by atoms with van der Waals surface area (Å²) in [7, 11) is 0. The first-order chi connectivity index (χ1) is 16.0. The van der Waals surface area contributed by atoms with Gasteiger partial charge in [0.15, 0.2) is 5.78 Å². The highest BCUT2D eigenvalue weighted by molar-refractivity contribution is 6.05. The van der Waals surface area contributed by atoms with E-state index in [1.165, 1.54) is 4.90 Å². The van der Waals surface area contributed by atoms with Gasteiger partial charge in [-0.15, -0.1) is 0 Å². The van der Waals surface area contributed by atoms with Crippen LogP contribution in [0.25, 0.3) is 11.1 Å². The topological polar surface area (TPSA) is 96.7 Å². The maximum Gasteiger partial charge on any atom is 0.412 e. The lowest BCUT2D eigenvalue weighted by atomic mass is 9.68. The van der Waals surface area contributed by atoms with Crippen LogP contribution in [0.4, 0.5) is 16.2 Å². The largest absolute Gasteiger partial charge is 0.465 e. The first-order valence-electron chi connectivity index (χ1n) is 12.1. The fraction of sp³-hybridized carbons (Fsp3) is 0.560. The number of anilines is 2. The molecule has 2 N–H and O–H groups in total. The Kier molecular flexibility index (Phi) is 4.76. The lowest BCUT2D eigenvalue weighted by Crippen LogP contribution is -2.60. The summed E-state index contributed by atoms with van der Waals surface area (Å²) >= 11 is 0. The van der Waals surface area contributed by atoms with Gasteiger partial charge in [-0.1, -0.05) is 6.07 Å². The molecule has 1 aromatic carbocycles. The number of ether oxygens (including phenoxy) is 1. The van der Waals surface area contributed by atoms with Gasteiger partial charge in [0.25, 0.3) is 0 Å². The number of carbonyl (C=O) groups excluding carboxylic acids is 1.